The molecule has 2 aromatic carbocycles. The number of rotatable bonds is 5. The Kier molecular flexibility index (Phi) is 6.70. The van der Waals surface area contributed by atoms with E-state index in [-0.39, 0.29) is 18.4 Å². The number of carbonyl (C=O) groups excluding carboxylic acids is 2. The summed E-state index contributed by atoms with van der Waals surface area (Å²) in [5.74, 6) is 0.384. The number of piperazine rings is 1. The average Bonchev–Trinajstić information content (AvgIpc) is 2.67. The molecule has 0 bridgehead atoms. The summed E-state index contributed by atoms with van der Waals surface area (Å²) in [6.45, 7) is 4.99. The zero-order valence-corrected chi connectivity index (χ0v) is 17.7. The van der Waals surface area contributed by atoms with Crippen LogP contribution in [0, 0.1) is 6.92 Å². The Hall–Kier alpha value is -2.38. The number of amides is 2. The predicted molar refractivity (Wildman–Crippen MR) is 113 cm³/mol. The molecule has 7 heteroatoms. The monoisotopic (exact) mass is 445 g/mol. The van der Waals surface area contributed by atoms with Crippen LogP contribution in [0.2, 0.25) is 0 Å². The van der Waals surface area contributed by atoms with Gasteiger partial charge in [0.25, 0.3) is 11.8 Å². The number of hydrogen-bond donors (Lipinski definition) is 1. The molecule has 1 heterocycles. The van der Waals surface area contributed by atoms with Gasteiger partial charge in [-0.3, -0.25) is 9.59 Å². The normalized spacial score (nSPS) is 14.6. The first-order valence-electron chi connectivity index (χ1n) is 9.19. The standard InChI is InChI=1S/C21H24BrN3O3/c1-15-12-17(22)6-7-19(15)28-14-20(26)23-18-5-3-4-16(13-18)21(27)25-10-8-24(2)9-11-25/h3-7,12-13H,8-11,14H2,1-2H3,(H,23,26). The first-order valence-corrected chi connectivity index (χ1v) is 9.98. The van der Waals surface area contributed by atoms with Crippen LogP contribution in [0.4, 0.5) is 5.69 Å². The molecule has 2 aromatic rings. The summed E-state index contributed by atoms with van der Waals surface area (Å²) in [5.41, 5.74) is 2.11. The van der Waals surface area contributed by atoms with Gasteiger partial charge in [-0.25, -0.2) is 0 Å². The second kappa shape index (κ2) is 9.21. The van der Waals surface area contributed by atoms with Gasteiger partial charge >= 0.3 is 0 Å². The van der Waals surface area contributed by atoms with Gasteiger partial charge in [0, 0.05) is 41.9 Å². The lowest BCUT2D eigenvalue weighted by Crippen LogP contribution is -2.47. The quantitative estimate of drug-likeness (QED) is 0.767. The van der Waals surface area contributed by atoms with Gasteiger partial charge in [0.2, 0.25) is 0 Å². The van der Waals surface area contributed by atoms with Crippen LogP contribution in [0.15, 0.2) is 46.9 Å². The largest absolute Gasteiger partial charge is 0.483 e. The van der Waals surface area contributed by atoms with Crippen LogP contribution >= 0.6 is 15.9 Å². The van der Waals surface area contributed by atoms with Crippen molar-refractivity contribution in [3.8, 4) is 5.75 Å². The average molecular weight is 446 g/mol. The van der Waals surface area contributed by atoms with Crippen molar-refractivity contribution in [2.75, 3.05) is 45.2 Å². The number of halogens is 1. The maximum atomic E-state index is 12.7. The van der Waals surface area contributed by atoms with Crippen LogP contribution in [0.3, 0.4) is 0 Å². The number of likely N-dealkylation sites (N-methyl/N-ethyl adjacent to an activating group) is 1. The maximum absolute atomic E-state index is 12.7. The Morgan fingerprint density at radius 3 is 2.57 bits per heavy atom. The first-order chi connectivity index (χ1) is 13.4. The van der Waals surface area contributed by atoms with Gasteiger partial charge in [0.15, 0.2) is 6.61 Å². The van der Waals surface area contributed by atoms with Gasteiger partial charge in [-0.2, -0.15) is 0 Å². The van der Waals surface area contributed by atoms with Crippen LogP contribution in [0.5, 0.6) is 5.75 Å². The number of carbonyl (C=O) groups is 2. The molecule has 0 saturated carbocycles. The van der Waals surface area contributed by atoms with Crippen LogP contribution in [0.1, 0.15) is 15.9 Å². The summed E-state index contributed by atoms with van der Waals surface area (Å²) < 4.78 is 6.56. The number of nitrogens with zero attached hydrogens (tertiary/aromatic N) is 2. The van der Waals surface area contributed by atoms with E-state index in [9.17, 15) is 9.59 Å². The van der Waals surface area contributed by atoms with Gasteiger partial charge in [-0.15, -0.1) is 0 Å². The highest BCUT2D eigenvalue weighted by Gasteiger charge is 2.20. The Morgan fingerprint density at radius 1 is 1.11 bits per heavy atom. The number of nitrogens with one attached hydrogen (secondary N) is 1. The molecule has 0 unspecified atom stereocenters. The summed E-state index contributed by atoms with van der Waals surface area (Å²) >= 11 is 3.40. The number of anilines is 1. The minimum Gasteiger partial charge on any atom is -0.483 e. The van der Waals surface area contributed by atoms with Crippen molar-refractivity contribution in [2.24, 2.45) is 0 Å². The van der Waals surface area contributed by atoms with E-state index in [1.165, 1.54) is 0 Å². The van der Waals surface area contributed by atoms with Crippen molar-refractivity contribution in [2.45, 2.75) is 6.92 Å². The van der Waals surface area contributed by atoms with E-state index in [4.69, 9.17) is 4.74 Å². The van der Waals surface area contributed by atoms with E-state index in [1.807, 2.05) is 30.0 Å². The molecule has 0 radical (unpaired) electrons. The smallest absolute Gasteiger partial charge is 0.262 e. The van der Waals surface area contributed by atoms with Crippen LogP contribution < -0.4 is 10.1 Å². The number of benzene rings is 2. The van der Waals surface area contributed by atoms with Crippen molar-refractivity contribution < 1.29 is 14.3 Å². The lowest BCUT2D eigenvalue weighted by atomic mass is 10.1. The van der Waals surface area contributed by atoms with E-state index in [0.717, 1.165) is 23.1 Å². The molecule has 1 aliphatic rings. The Labute approximate surface area is 173 Å². The fraction of sp³-hybridized carbons (Fsp3) is 0.333. The molecule has 1 saturated heterocycles. The highest BCUT2D eigenvalue weighted by Crippen LogP contribution is 2.22. The molecule has 0 spiro atoms. The molecule has 3 rings (SSSR count). The molecule has 6 nitrogen and oxygen atoms in total. The second-order valence-corrected chi connectivity index (χ2v) is 7.84. The van der Waals surface area contributed by atoms with Crippen molar-refractivity contribution in [1.29, 1.82) is 0 Å². The number of ether oxygens (including phenoxy) is 1. The summed E-state index contributed by atoms with van der Waals surface area (Å²) in [5, 5.41) is 2.80. The molecular weight excluding hydrogens is 422 g/mol. The highest BCUT2D eigenvalue weighted by molar-refractivity contribution is 9.10. The highest BCUT2D eigenvalue weighted by atomic mass is 79.9. The molecule has 1 aliphatic heterocycles. The van der Waals surface area contributed by atoms with Crippen molar-refractivity contribution in [3.05, 3.63) is 58.1 Å². The number of aryl methyl sites for hydroxylation is 1. The summed E-state index contributed by atoms with van der Waals surface area (Å²) in [6, 6.07) is 12.7. The molecular formula is C21H24BrN3O3. The zero-order chi connectivity index (χ0) is 20.1. The fourth-order valence-corrected chi connectivity index (χ4v) is 3.51. The Balaban J connectivity index is 1.57. The lowest BCUT2D eigenvalue weighted by Gasteiger charge is -2.32. The third-order valence-electron chi connectivity index (χ3n) is 4.68. The second-order valence-electron chi connectivity index (χ2n) is 6.92. The topological polar surface area (TPSA) is 61.9 Å². The molecule has 2 amide bonds. The van der Waals surface area contributed by atoms with E-state index < -0.39 is 0 Å². The molecule has 0 aromatic heterocycles. The summed E-state index contributed by atoms with van der Waals surface area (Å²) in [6.07, 6.45) is 0. The maximum Gasteiger partial charge on any atom is 0.262 e. The van der Waals surface area contributed by atoms with Gasteiger partial charge in [-0.1, -0.05) is 22.0 Å². The van der Waals surface area contributed by atoms with Crippen molar-refractivity contribution in [3.63, 3.8) is 0 Å². The summed E-state index contributed by atoms with van der Waals surface area (Å²) in [7, 11) is 2.05. The van der Waals surface area contributed by atoms with E-state index in [0.29, 0.717) is 30.1 Å². The van der Waals surface area contributed by atoms with E-state index >= 15 is 0 Å². The molecule has 1 fully saturated rings. The molecule has 1 N–H and O–H groups in total. The predicted octanol–water partition coefficient (Wildman–Crippen LogP) is 3.16. The van der Waals surface area contributed by atoms with Gasteiger partial charge in [0.1, 0.15) is 5.75 Å². The van der Waals surface area contributed by atoms with Crippen LogP contribution in [0.25, 0.3) is 0 Å². The van der Waals surface area contributed by atoms with Crippen LogP contribution in [-0.4, -0.2) is 61.4 Å². The van der Waals surface area contributed by atoms with E-state index in [2.05, 4.69) is 33.2 Å². The zero-order valence-electron chi connectivity index (χ0n) is 16.1. The van der Waals surface area contributed by atoms with Gasteiger partial charge < -0.3 is 19.9 Å². The molecule has 0 aliphatic carbocycles. The van der Waals surface area contributed by atoms with E-state index in [1.54, 1.807) is 24.3 Å². The summed E-state index contributed by atoms with van der Waals surface area (Å²) in [4.78, 5) is 29.0. The molecule has 28 heavy (non-hydrogen) atoms. The Morgan fingerprint density at radius 2 is 1.86 bits per heavy atom. The van der Waals surface area contributed by atoms with Gasteiger partial charge in [-0.05, 0) is 55.9 Å². The number of hydrogen-bond acceptors (Lipinski definition) is 4. The van der Waals surface area contributed by atoms with Crippen molar-refractivity contribution in [1.82, 2.24) is 9.80 Å². The van der Waals surface area contributed by atoms with Gasteiger partial charge in [0.05, 0.1) is 0 Å². The molecule has 0 atom stereocenters. The van der Waals surface area contributed by atoms with Crippen molar-refractivity contribution >= 4 is 33.4 Å². The first kappa shape index (κ1) is 20.4. The Bertz CT molecular complexity index is 864. The third-order valence-corrected chi connectivity index (χ3v) is 5.17. The minimum atomic E-state index is -0.272. The lowest BCUT2D eigenvalue weighted by molar-refractivity contribution is -0.118. The minimum absolute atomic E-state index is 0.00839. The molecule has 148 valence electrons. The SMILES string of the molecule is Cc1cc(Br)ccc1OCC(=O)Nc1cccc(C(=O)N2CCN(C)CC2)c1. The third kappa shape index (κ3) is 5.33. The van der Waals surface area contributed by atoms with Crippen LogP contribution in [-0.2, 0) is 4.79 Å². The fourth-order valence-electron chi connectivity index (χ4n) is 3.04.